The molecule has 1 aromatic heterocycles. The Morgan fingerprint density at radius 1 is 1.33 bits per heavy atom. The van der Waals surface area contributed by atoms with E-state index in [1.54, 1.807) is 11.8 Å². The van der Waals surface area contributed by atoms with Gasteiger partial charge >= 0.3 is 0 Å². The van der Waals surface area contributed by atoms with Crippen molar-refractivity contribution in [2.75, 3.05) is 17.3 Å². The number of sulfone groups is 1. The highest BCUT2D eigenvalue weighted by molar-refractivity contribution is 7.99. The predicted molar refractivity (Wildman–Crippen MR) is 84.1 cm³/mol. The van der Waals surface area contributed by atoms with E-state index in [1.807, 2.05) is 0 Å². The Labute approximate surface area is 131 Å². The topological polar surface area (TPSA) is 73.1 Å². The second kappa shape index (κ2) is 7.13. The van der Waals surface area contributed by atoms with E-state index in [0.717, 1.165) is 5.75 Å². The summed E-state index contributed by atoms with van der Waals surface area (Å²) in [4.78, 5) is 0. The summed E-state index contributed by atoms with van der Waals surface area (Å²) in [5.41, 5.74) is 0. The van der Waals surface area contributed by atoms with Crippen molar-refractivity contribution in [1.82, 2.24) is 10.2 Å². The zero-order valence-corrected chi connectivity index (χ0v) is 14.5. The smallest absolute Gasteiger partial charge is 0.276 e. The van der Waals surface area contributed by atoms with Crippen LogP contribution in [-0.2, 0) is 16.3 Å². The average molecular weight is 332 g/mol. The Balaban J connectivity index is 1.79. The fraction of sp³-hybridized carbons (Fsp3) is 0.857. The third kappa shape index (κ3) is 5.62. The van der Waals surface area contributed by atoms with Crippen molar-refractivity contribution < 1.29 is 12.8 Å². The number of aromatic nitrogens is 2. The lowest BCUT2D eigenvalue weighted by Gasteiger charge is -2.11. The Morgan fingerprint density at radius 3 is 2.71 bits per heavy atom. The predicted octanol–water partition coefficient (Wildman–Crippen LogP) is 2.82. The summed E-state index contributed by atoms with van der Waals surface area (Å²) in [6, 6.07) is 0. The molecule has 0 radical (unpaired) electrons. The summed E-state index contributed by atoms with van der Waals surface area (Å²) in [6.45, 7) is 6.68. The average Bonchev–Trinajstić information content (AvgIpc) is 2.93. The molecule has 0 N–H and O–H groups in total. The highest BCUT2D eigenvalue weighted by atomic mass is 32.2. The highest BCUT2D eigenvalue weighted by Crippen LogP contribution is 2.25. The van der Waals surface area contributed by atoms with Crippen molar-refractivity contribution in [1.29, 1.82) is 0 Å². The van der Waals surface area contributed by atoms with Gasteiger partial charge in [-0.2, -0.15) is 0 Å². The molecule has 2 atom stereocenters. The van der Waals surface area contributed by atoms with Gasteiger partial charge in [0, 0.05) is 12.2 Å². The Morgan fingerprint density at radius 2 is 2.10 bits per heavy atom. The summed E-state index contributed by atoms with van der Waals surface area (Å²) in [5.74, 6) is 3.53. The van der Waals surface area contributed by atoms with Crippen LogP contribution in [0.15, 0.2) is 9.64 Å². The zero-order chi connectivity index (χ0) is 15.5. The number of nitrogens with zero attached hydrogens (tertiary/aromatic N) is 2. The lowest BCUT2D eigenvalue weighted by atomic mass is 10.0. The van der Waals surface area contributed by atoms with Crippen molar-refractivity contribution in [2.24, 2.45) is 17.8 Å². The van der Waals surface area contributed by atoms with Crippen molar-refractivity contribution in [3.8, 4) is 0 Å². The Bertz CT molecular complexity index is 554. The Kier molecular flexibility index (Phi) is 5.71. The molecule has 1 aliphatic rings. The van der Waals surface area contributed by atoms with Gasteiger partial charge < -0.3 is 4.42 Å². The van der Waals surface area contributed by atoms with Crippen LogP contribution < -0.4 is 0 Å². The standard InChI is InChI=1S/C14H24N2O3S2/c1-10(2)6-11(3)8-20-14-16-15-13(19-14)7-12-4-5-21(17,18)9-12/h10-12H,4-9H2,1-3H3/t11-,12+/m1/s1. The van der Waals surface area contributed by atoms with Gasteiger partial charge in [0.05, 0.1) is 11.5 Å². The SMILES string of the molecule is CC(C)C[C@@H](C)CSc1nnc(C[C@@H]2CCS(=O)(=O)C2)o1. The van der Waals surface area contributed by atoms with Gasteiger partial charge in [-0.1, -0.05) is 32.5 Å². The highest BCUT2D eigenvalue weighted by Gasteiger charge is 2.29. The van der Waals surface area contributed by atoms with Crippen molar-refractivity contribution in [2.45, 2.75) is 45.3 Å². The molecule has 0 aliphatic carbocycles. The molecule has 7 heteroatoms. The van der Waals surface area contributed by atoms with E-state index in [4.69, 9.17) is 4.42 Å². The van der Waals surface area contributed by atoms with E-state index in [-0.39, 0.29) is 11.7 Å². The van der Waals surface area contributed by atoms with E-state index in [0.29, 0.717) is 41.5 Å². The van der Waals surface area contributed by atoms with E-state index in [9.17, 15) is 8.42 Å². The van der Waals surface area contributed by atoms with Crippen LogP contribution >= 0.6 is 11.8 Å². The van der Waals surface area contributed by atoms with Crippen LogP contribution in [0.4, 0.5) is 0 Å². The lowest BCUT2D eigenvalue weighted by molar-refractivity contribution is 0.388. The molecule has 1 fully saturated rings. The minimum atomic E-state index is -2.84. The molecule has 5 nitrogen and oxygen atoms in total. The molecule has 120 valence electrons. The van der Waals surface area contributed by atoms with Crippen LogP contribution in [0.3, 0.4) is 0 Å². The molecule has 0 aromatic carbocycles. The van der Waals surface area contributed by atoms with Crippen LogP contribution in [0.2, 0.25) is 0 Å². The molecular weight excluding hydrogens is 308 g/mol. The molecule has 1 saturated heterocycles. The first kappa shape index (κ1) is 16.8. The summed E-state index contributed by atoms with van der Waals surface area (Å²) in [5, 5.41) is 8.68. The summed E-state index contributed by atoms with van der Waals surface area (Å²) in [7, 11) is -2.84. The largest absolute Gasteiger partial charge is 0.416 e. The Hall–Kier alpha value is -0.560. The lowest BCUT2D eigenvalue weighted by Crippen LogP contribution is -2.07. The van der Waals surface area contributed by atoms with Crippen molar-refractivity contribution >= 4 is 21.6 Å². The van der Waals surface area contributed by atoms with Crippen molar-refractivity contribution in [3.63, 3.8) is 0 Å². The van der Waals surface area contributed by atoms with Crippen LogP contribution in [0, 0.1) is 17.8 Å². The van der Waals surface area contributed by atoms with Crippen LogP contribution in [0.5, 0.6) is 0 Å². The summed E-state index contributed by atoms with van der Waals surface area (Å²) < 4.78 is 28.5. The van der Waals surface area contributed by atoms with Gasteiger partial charge in [-0.25, -0.2) is 8.42 Å². The molecule has 2 rings (SSSR count). The van der Waals surface area contributed by atoms with E-state index < -0.39 is 9.84 Å². The van der Waals surface area contributed by atoms with Gasteiger partial charge in [0.1, 0.15) is 0 Å². The van der Waals surface area contributed by atoms with Crippen molar-refractivity contribution in [3.05, 3.63) is 5.89 Å². The minimum Gasteiger partial charge on any atom is -0.416 e. The van der Waals surface area contributed by atoms with Gasteiger partial charge in [-0.15, -0.1) is 10.2 Å². The number of rotatable bonds is 7. The molecule has 0 saturated carbocycles. The molecular formula is C14H24N2O3S2. The maximum absolute atomic E-state index is 11.4. The number of hydrogen-bond acceptors (Lipinski definition) is 6. The molecule has 0 amide bonds. The molecule has 0 unspecified atom stereocenters. The fourth-order valence-electron chi connectivity index (χ4n) is 2.75. The summed E-state index contributed by atoms with van der Waals surface area (Å²) in [6.07, 6.45) is 2.47. The van der Waals surface area contributed by atoms with Gasteiger partial charge in [0.15, 0.2) is 9.84 Å². The minimum absolute atomic E-state index is 0.133. The molecule has 0 bridgehead atoms. The van der Waals surface area contributed by atoms with Crippen LogP contribution in [0.25, 0.3) is 0 Å². The second-order valence-corrected chi connectivity index (χ2v) is 9.68. The first-order valence-corrected chi connectivity index (χ1v) is 10.3. The van der Waals surface area contributed by atoms with Gasteiger partial charge in [-0.05, 0) is 30.6 Å². The molecule has 0 spiro atoms. The molecule has 2 heterocycles. The number of thioether (sulfide) groups is 1. The first-order chi connectivity index (χ1) is 9.84. The van der Waals surface area contributed by atoms with Crippen LogP contribution in [0.1, 0.15) is 39.5 Å². The van der Waals surface area contributed by atoms with E-state index >= 15 is 0 Å². The van der Waals surface area contributed by atoms with Gasteiger partial charge in [0.25, 0.3) is 5.22 Å². The maximum atomic E-state index is 11.4. The quantitative estimate of drug-likeness (QED) is 0.715. The zero-order valence-electron chi connectivity index (χ0n) is 12.9. The maximum Gasteiger partial charge on any atom is 0.276 e. The molecule has 21 heavy (non-hydrogen) atoms. The third-order valence-corrected chi connectivity index (χ3v) is 6.59. The summed E-state index contributed by atoms with van der Waals surface area (Å²) >= 11 is 1.59. The normalized spacial score (nSPS) is 22.8. The fourth-order valence-corrected chi connectivity index (χ4v) is 5.42. The van der Waals surface area contributed by atoms with Crippen LogP contribution in [-0.4, -0.2) is 35.9 Å². The van der Waals surface area contributed by atoms with E-state index in [1.165, 1.54) is 6.42 Å². The second-order valence-electron chi connectivity index (χ2n) is 6.48. The van der Waals surface area contributed by atoms with E-state index in [2.05, 4.69) is 31.0 Å². The van der Waals surface area contributed by atoms with Gasteiger partial charge in [0.2, 0.25) is 5.89 Å². The monoisotopic (exact) mass is 332 g/mol. The molecule has 1 aromatic rings. The van der Waals surface area contributed by atoms with Gasteiger partial charge in [-0.3, -0.25) is 0 Å². The molecule has 1 aliphatic heterocycles. The third-order valence-electron chi connectivity index (χ3n) is 3.60. The number of hydrogen-bond donors (Lipinski definition) is 0. The first-order valence-electron chi connectivity index (χ1n) is 7.49.